The summed E-state index contributed by atoms with van der Waals surface area (Å²) >= 11 is 5.72. The molecule has 1 saturated heterocycles. The molecule has 0 unspecified atom stereocenters. The predicted octanol–water partition coefficient (Wildman–Crippen LogP) is 0.120. The van der Waals surface area contributed by atoms with E-state index in [2.05, 4.69) is 9.97 Å². The minimum absolute atomic E-state index is 0.114. The first-order valence-corrected chi connectivity index (χ1v) is 7.88. The molecule has 0 amide bonds. The number of sulfonamides is 1. The van der Waals surface area contributed by atoms with Gasteiger partial charge in [-0.25, -0.2) is 18.4 Å². The van der Waals surface area contributed by atoms with Crippen LogP contribution in [0.15, 0.2) is 6.33 Å². The predicted molar refractivity (Wildman–Crippen MR) is 72.3 cm³/mol. The maximum atomic E-state index is 11.4. The van der Waals surface area contributed by atoms with Gasteiger partial charge in [-0.3, -0.25) is 10.1 Å². The van der Waals surface area contributed by atoms with Crippen molar-refractivity contribution < 1.29 is 13.3 Å². The van der Waals surface area contributed by atoms with Gasteiger partial charge in [-0.2, -0.15) is 4.31 Å². The molecule has 0 spiro atoms. The minimum Gasteiger partial charge on any atom is -0.348 e. The number of hydrogen-bond acceptors (Lipinski definition) is 7. The standard InChI is InChI=1S/C9H12ClN5O4S/c1-20(18,19)14-4-2-13(3-5-14)9-7(15(16)17)8(10)11-6-12-9/h6H,2-5H2,1H3. The summed E-state index contributed by atoms with van der Waals surface area (Å²) in [7, 11) is -3.25. The zero-order chi connectivity index (χ0) is 14.9. The van der Waals surface area contributed by atoms with Gasteiger partial charge in [0.05, 0.1) is 11.2 Å². The molecule has 0 radical (unpaired) electrons. The normalized spacial score (nSPS) is 17.2. The Kier molecular flexibility index (Phi) is 4.06. The average molecular weight is 322 g/mol. The van der Waals surface area contributed by atoms with E-state index in [-0.39, 0.29) is 29.7 Å². The number of anilines is 1. The lowest BCUT2D eigenvalue weighted by molar-refractivity contribution is -0.384. The Labute approximate surface area is 120 Å². The quantitative estimate of drug-likeness (QED) is 0.442. The van der Waals surface area contributed by atoms with E-state index in [0.717, 1.165) is 12.6 Å². The van der Waals surface area contributed by atoms with E-state index in [4.69, 9.17) is 11.6 Å². The molecule has 0 aliphatic carbocycles. The third-order valence-corrected chi connectivity index (χ3v) is 4.53. The van der Waals surface area contributed by atoms with E-state index < -0.39 is 14.9 Å². The van der Waals surface area contributed by atoms with E-state index >= 15 is 0 Å². The van der Waals surface area contributed by atoms with Crippen molar-refractivity contribution in [3.8, 4) is 0 Å². The lowest BCUT2D eigenvalue weighted by Gasteiger charge is -2.33. The number of halogens is 1. The summed E-state index contributed by atoms with van der Waals surface area (Å²) in [4.78, 5) is 19.5. The third kappa shape index (κ3) is 2.97. The second-order valence-corrected chi connectivity index (χ2v) is 6.58. The molecule has 1 fully saturated rings. The van der Waals surface area contributed by atoms with Crippen LogP contribution in [0.3, 0.4) is 0 Å². The van der Waals surface area contributed by atoms with Gasteiger partial charge in [-0.15, -0.1) is 0 Å². The first-order chi connectivity index (χ1) is 9.30. The van der Waals surface area contributed by atoms with E-state index in [1.54, 1.807) is 4.90 Å². The Morgan fingerprint density at radius 2 is 1.90 bits per heavy atom. The Bertz CT molecular complexity index is 629. The molecule has 1 aliphatic heterocycles. The zero-order valence-electron chi connectivity index (χ0n) is 10.6. The van der Waals surface area contributed by atoms with E-state index in [0.29, 0.717) is 13.1 Å². The molecular weight excluding hydrogens is 310 g/mol. The van der Waals surface area contributed by atoms with Gasteiger partial charge in [-0.1, -0.05) is 11.6 Å². The molecule has 20 heavy (non-hydrogen) atoms. The van der Waals surface area contributed by atoms with Crippen molar-refractivity contribution in [1.82, 2.24) is 14.3 Å². The summed E-state index contributed by atoms with van der Waals surface area (Å²) in [6.07, 6.45) is 2.28. The van der Waals surface area contributed by atoms with Gasteiger partial charge in [0.15, 0.2) is 0 Å². The number of aromatic nitrogens is 2. The Balaban J connectivity index is 2.24. The van der Waals surface area contributed by atoms with Gasteiger partial charge < -0.3 is 4.90 Å². The second-order valence-electron chi connectivity index (χ2n) is 4.24. The molecular formula is C9H12ClN5O4S. The topological polar surface area (TPSA) is 110 Å². The minimum atomic E-state index is -3.25. The first kappa shape index (κ1) is 14.9. The van der Waals surface area contributed by atoms with Crippen LogP contribution in [0.25, 0.3) is 0 Å². The molecule has 0 N–H and O–H groups in total. The number of nitrogens with zero attached hydrogens (tertiary/aromatic N) is 5. The van der Waals surface area contributed by atoms with Gasteiger partial charge >= 0.3 is 5.69 Å². The number of rotatable bonds is 3. The summed E-state index contributed by atoms with van der Waals surface area (Å²) in [5.74, 6) is 0.114. The second kappa shape index (κ2) is 5.46. The van der Waals surface area contributed by atoms with Crippen LogP contribution < -0.4 is 4.90 Å². The van der Waals surface area contributed by atoms with E-state index in [9.17, 15) is 18.5 Å². The van der Waals surface area contributed by atoms with Crippen LogP contribution in [-0.4, -0.2) is 60.0 Å². The van der Waals surface area contributed by atoms with Crippen molar-refractivity contribution in [1.29, 1.82) is 0 Å². The summed E-state index contributed by atoms with van der Waals surface area (Å²) in [5, 5.41) is 10.8. The van der Waals surface area contributed by atoms with Crippen molar-refractivity contribution in [3.63, 3.8) is 0 Å². The first-order valence-electron chi connectivity index (χ1n) is 5.65. The molecule has 0 bridgehead atoms. The molecule has 0 aromatic carbocycles. The van der Waals surface area contributed by atoms with Gasteiger partial charge in [0.2, 0.25) is 21.0 Å². The highest BCUT2D eigenvalue weighted by molar-refractivity contribution is 7.88. The number of piperazine rings is 1. The van der Waals surface area contributed by atoms with E-state index in [1.807, 2.05) is 0 Å². The molecule has 2 rings (SSSR count). The van der Waals surface area contributed by atoms with Gasteiger partial charge in [0, 0.05) is 26.2 Å². The molecule has 2 heterocycles. The van der Waals surface area contributed by atoms with Crippen molar-refractivity contribution in [2.75, 3.05) is 37.3 Å². The fourth-order valence-corrected chi connectivity index (χ4v) is 2.99. The fourth-order valence-electron chi connectivity index (χ4n) is 1.97. The van der Waals surface area contributed by atoms with Crippen molar-refractivity contribution in [2.45, 2.75) is 0 Å². The fraction of sp³-hybridized carbons (Fsp3) is 0.556. The summed E-state index contributed by atoms with van der Waals surface area (Å²) < 4.78 is 24.1. The number of nitro groups is 1. The maximum absolute atomic E-state index is 11.4. The van der Waals surface area contributed by atoms with E-state index in [1.165, 1.54) is 4.31 Å². The van der Waals surface area contributed by atoms with Gasteiger partial charge in [0.25, 0.3) is 0 Å². The Morgan fingerprint density at radius 3 is 2.40 bits per heavy atom. The SMILES string of the molecule is CS(=O)(=O)N1CCN(c2ncnc(Cl)c2[N+](=O)[O-])CC1. The summed E-state index contributed by atoms with van der Waals surface area (Å²) in [5.41, 5.74) is -0.359. The van der Waals surface area contributed by atoms with Crippen LogP contribution in [0.4, 0.5) is 11.5 Å². The van der Waals surface area contributed by atoms with Gasteiger partial charge in [-0.05, 0) is 0 Å². The highest BCUT2D eigenvalue weighted by Gasteiger charge is 2.30. The van der Waals surface area contributed by atoms with Crippen molar-refractivity contribution >= 4 is 33.1 Å². The lowest BCUT2D eigenvalue weighted by Crippen LogP contribution is -2.48. The highest BCUT2D eigenvalue weighted by atomic mass is 35.5. The average Bonchev–Trinajstić information content (AvgIpc) is 2.37. The number of hydrogen-bond donors (Lipinski definition) is 0. The molecule has 1 aromatic rings. The Hall–Kier alpha value is -1.52. The van der Waals surface area contributed by atoms with Crippen LogP contribution in [0.1, 0.15) is 0 Å². The van der Waals surface area contributed by atoms with Gasteiger partial charge in [0.1, 0.15) is 6.33 Å². The van der Waals surface area contributed by atoms with Crippen LogP contribution in [0, 0.1) is 10.1 Å². The summed E-state index contributed by atoms with van der Waals surface area (Å²) in [6.45, 7) is 1.11. The highest BCUT2D eigenvalue weighted by Crippen LogP contribution is 2.31. The molecule has 11 heteroatoms. The van der Waals surface area contributed by atoms with Crippen LogP contribution >= 0.6 is 11.6 Å². The maximum Gasteiger partial charge on any atom is 0.348 e. The smallest absolute Gasteiger partial charge is 0.348 e. The largest absolute Gasteiger partial charge is 0.348 e. The zero-order valence-corrected chi connectivity index (χ0v) is 12.1. The van der Waals surface area contributed by atoms with Crippen molar-refractivity contribution in [3.05, 3.63) is 21.6 Å². The Morgan fingerprint density at radius 1 is 1.30 bits per heavy atom. The summed E-state index contributed by atoms with van der Waals surface area (Å²) in [6, 6.07) is 0. The molecule has 0 saturated carbocycles. The molecule has 1 aliphatic rings. The van der Waals surface area contributed by atoms with Crippen LogP contribution in [0.2, 0.25) is 5.15 Å². The molecule has 110 valence electrons. The molecule has 1 aromatic heterocycles. The third-order valence-electron chi connectivity index (χ3n) is 2.95. The molecule has 0 atom stereocenters. The van der Waals surface area contributed by atoms with Crippen LogP contribution in [-0.2, 0) is 10.0 Å². The van der Waals surface area contributed by atoms with Crippen LogP contribution in [0.5, 0.6) is 0 Å². The molecule has 9 nitrogen and oxygen atoms in total. The van der Waals surface area contributed by atoms with Crippen molar-refractivity contribution in [2.24, 2.45) is 0 Å². The monoisotopic (exact) mass is 321 g/mol. The lowest BCUT2D eigenvalue weighted by atomic mass is 10.3.